The fraction of sp³-hybridized carbons (Fsp3) is 0.500. The van der Waals surface area contributed by atoms with Gasteiger partial charge in [-0.3, -0.25) is 0 Å². The highest BCUT2D eigenvalue weighted by atomic mass is 16.5. The van der Waals surface area contributed by atoms with Crippen LogP contribution >= 0.6 is 0 Å². The van der Waals surface area contributed by atoms with Gasteiger partial charge < -0.3 is 15.4 Å². The third-order valence-corrected chi connectivity index (χ3v) is 2.80. The molecule has 82 valence electrons. The van der Waals surface area contributed by atoms with Crippen molar-refractivity contribution < 1.29 is 4.74 Å². The molecule has 0 bridgehead atoms. The molecule has 0 fully saturated rings. The molecular formula is C12H18N2O. The number of ether oxygens (including phenoxy) is 1. The van der Waals surface area contributed by atoms with Gasteiger partial charge in [0.1, 0.15) is 0 Å². The van der Waals surface area contributed by atoms with Crippen LogP contribution in [0.15, 0.2) is 18.2 Å². The van der Waals surface area contributed by atoms with Crippen LogP contribution < -0.4 is 10.6 Å². The van der Waals surface area contributed by atoms with E-state index in [-0.39, 0.29) is 0 Å². The van der Waals surface area contributed by atoms with E-state index in [0.29, 0.717) is 0 Å². The second-order valence-electron chi connectivity index (χ2n) is 3.82. The lowest BCUT2D eigenvalue weighted by Gasteiger charge is -2.19. The maximum atomic E-state index is 5.75. The van der Waals surface area contributed by atoms with Crippen molar-refractivity contribution in [2.45, 2.75) is 13.3 Å². The van der Waals surface area contributed by atoms with Gasteiger partial charge in [0.05, 0.1) is 6.61 Å². The van der Waals surface area contributed by atoms with Gasteiger partial charge in [0, 0.05) is 31.1 Å². The first-order chi connectivity index (χ1) is 7.31. The second kappa shape index (κ2) is 4.53. The molecular weight excluding hydrogens is 188 g/mol. The molecule has 1 aromatic rings. The van der Waals surface area contributed by atoms with Crippen LogP contribution in [0.1, 0.15) is 12.5 Å². The zero-order chi connectivity index (χ0) is 10.7. The highest BCUT2D eigenvalue weighted by Crippen LogP contribution is 2.29. The Morgan fingerprint density at radius 1 is 1.47 bits per heavy atom. The summed E-state index contributed by atoms with van der Waals surface area (Å²) in [4.78, 5) is 2.37. The molecule has 0 saturated carbocycles. The van der Waals surface area contributed by atoms with Gasteiger partial charge in [-0.2, -0.15) is 0 Å². The Balaban J connectivity index is 2.02. The first-order valence-electron chi connectivity index (χ1n) is 5.52. The van der Waals surface area contributed by atoms with Gasteiger partial charge in [0.25, 0.3) is 0 Å². The largest absolute Gasteiger partial charge is 0.399 e. The molecule has 1 aliphatic rings. The molecule has 0 unspecified atom stereocenters. The van der Waals surface area contributed by atoms with Crippen molar-refractivity contribution in [2.75, 3.05) is 36.9 Å². The smallest absolute Gasteiger partial charge is 0.0641 e. The Morgan fingerprint density at radius 2 is 2.33 bits per heavy atom. The third kappa shape index (κ3) is 2.23. The molecule has 15 heavy (non-hydrogen) atoms. The predicted molar refractivity (Wildman–Crippen MR) is 63.3 cm³/mol. The predicted octanol–water partition coefficient (Wildman–Crippen LogP) is 1.67. The molecule has 2 rings (SSSR count). The van der Waals surface area contributed by atoms with Gasteiger partial charge in [-0.1, -0.05) is 0 Å². The summed E-state index contributed by atoms with van der Waals surface area (Å²) in [5.74, 6) is 0. The molecule has 0 atom stereocenters. The minimum Gasteiger partial charge on any atom is -0.399 e. The summed E-state index contributed by atoms with van der Waals surface area (Å²) in [6, 6.07) is 6.16. The number of nitrogens with two attached hydrogens (primary N) is 1. The molecule has 0 amide bonds. The molecule has 3 nitrogen and oxygen atoms in total. The second-order valence-corrected chi connectivity index (χ2v) is 3.82. The van der Waals surface area contributed by atoms with Gasteiger partial charge in [0.15, 0.2) is 0 Å². The van der Waals surface area contributed by atoms with Crippen molar-refractivity contribution in [3.8, 4) is 0 Å². The minimum atomic E-state index is 0.794. The van der Waals surface area contributed by atoms with Crippen molar-refractivity contribution in [3.63, 3.8) is 0 Å². The first-order valence-corrected chi connectivity index (χ1v) is 5.52. The van der Waals surface area contributed by atoms with Crippen molar-refractivity contribution in [3.05, 3.63) is 23.8 Å². The number of anilines is 2. The van der Waals surface area contributed by atoms with Crippen LogP contribution in [0.3, 0.4) is 0 Å². The summed E-state index contributed by atoms with van der Waals surface area (Å²) in [7, 11) is 0. The average Bonchev–Trinajstić information content (AvgIpc) is 2.61. The Hall–Kier alpha value is -1.22. The number of benzene rings is 1. The lowest BCUT2D eigenvalue weighted by molar-refractivity contribution is 0.154. The lowest BCUT2D eigenvalue weighted by atomic mass is 10.1. The summed E-state index contributed by atoms with van der Waals surface area (Å²) in [6.07, 6.45) is 1.10. The SMILES string of the molecule is CCOCCN1CCc2cc(N)ccc21. The topological polar surface area (TPSA) is 38.5 Å². The zero-order valence-electron chi connectivity index (χ0n) is 9.20. The maximum absolute atomic E-state index is 5.75. The van der Waals surface area contributed by atoms with Crippen LogP contribution in [0.25, 0.3) is 0 Å². The highest BCUT2D eigenvalue weighted by molar-refractivity contribution is 5.62. The highest BCUT2D eigenvalue weighted by Gasteiger charge is 2.18. The van der Waals surface area contributed by atoms with Crippen molar-refractivity contribution in [2.24, 2.45) is 0 Å². The number of hydrogen-bond donors (Lipinski definition) is 1. The van der Waals surface area contributed by atoms with Gasteiger partial charge in [-0.25, -0.2) is 0 Å². The Bertz CT molecular complexity index is 338. The Labute approximate surface area is 90.8 Å². The van der Waals surface area contributed by atoms with Crippen LogP contribution in [0.4, 0.5) is 11.4 Å². The van der Waals surface area contributed by atoms with E-state index < -0.39 is 0 Å². The summed E-state index contributed by atoms with van der Waals surface area (Å²) in [5.41, 5.74) is 9.31. The molecule has 1 aliphatic heterocycles. The van der Waals surface area contributed by atoms with E-state index in [1.54, 1.807) is 0 Å². The van der Waals surface area contributed by atoms with Crippen molar-refractivity contribution in [1.82, 2.24) is 0 Å². The molecule has 0 radical (unpaired) electrons. The summed E-state index contributed by atoms with van der Waals surface area (Å²) in [5, 5.41) is 0. The summed E-state index contributed by atoms with van der Waals surface area (Å²) in [6.45, 7) is 5.69. The standard InChI is InChI=1S/C12H18N2O/c1-2-15-8-7-14-6-5-10-9-11(13)3-4-12(10)14/h3-4,9H,2,5-8,13H2,1H3. The lowest BCUT2D eigenvalue weighted by Crippen LogP contribution is -2.25. The van der Waals surface area contributed by atoms with Crippen LogP contribution in [0.2, 0.25) is 0 Å². The molecule has 1 aromatic carbocycles. The van der Waals surface area contributed by atoms with Crippen LogP contribution in [-0.2, 0) is 11.2 Å². The number of nitrogens with zero attached hydrogens (tertiary/aromatic N) is 1. The fourth-order valence-corrected chi connectivity index (χ4v) is 2.04. The molecule has 0 saturated heterocycles. The zero-order valence-corrected chi connectivity index (χ0v) is 9.20. The third-order valence-electron chi connectivity index (χ3n) is 2.80. The van der Waals surface area contributed by atoms with Gasteiger partial charge in [0.2, 0.25) is 0 Å². The average molecular weight is 206 g/mol. The molecule has 2 N–H and O–H groups in total. The maximum Gasteiger partial charge on any atom is 0.0641 e. The van der Waals surface area contributed by atoms with E-state index in [9.17, 15) is 0 Å². The van der Waals surface area contributed by atoms with Crippen molar-refractivity contribution >= 4 is 11.4 Å². The van der Waals surface area contributed by atoms with Crippen molar-refractivity contribution in [1.29, 1.82) is 0 Å². The molecule has 1 heterocycles. The van der Waals surface area contributed by atoms with Gasteiger partial charge in [-0.15, -0.1) is 0 Å². The summed E-state index contributed by atoms with van der Waals surface area (Å²) < 4.78 is 5.37. The monoisotopic (exact) mass is 206 g/mol. The number of rotatable bonds is 4. The molecule has 0 spiro atoms. The first kappa shape index (κ1) is 10.3. The normalized spacial score (nSPS) is 14.3. The van der Waals surface area contributed by atoms with Gasteiger partial charge in [-0.05, 0) is 37.1 Å². The van der Waals surface area contributed by atoms with Crippen LogP contribution in [0.5, 0.6) is 0 Å². The van der Waals surface area contributed by atoms with E-state index in [4.69, 9.17) is 10.5 Å². The van der Waals surface area contributed by atoms with E-state index in [1.165, 1.54) is 11.3 Å². The van der Waals surface area contributed by atoms with E-state index >= 15 is 0 Å². The fourth-order valence-electron chi connectivity index (χ4n) is 2.04. The Kier molecular flexibility index (Phi) is 3.11. The molecule has 0 aromatic heterocycles. The number of nitrogen functional groups attached to an aromatic ring is 1. The van der Waals surface area contributed by atoms with E-state index in [1.807, 2.05) is 13.0 Å². The Morgan fingerprint density at radius 3 is 3.13 bits per heavy atom. The van der Waals surface area contributed by atoms with E-state index in [0.717, 1.165) is 38.4 Å². The number of hydrogen-bond acceptors (Lipinski definition) is 3. The van der Waals surface area contributed by atoms with Crippen LogP contribution in [0, 0.1) is 0 Å². The quantitative estimate of drug-likeness (QED) is 0.601. The molecule has 3 heteroatoms. The molecule has 0 aliphatic carbocycles. The van der Waals surface area contributed by atoms with Crippen LogP contribution in [-0.4, -0.2) is 26.3 Å². The van der Waals surface area contributed by atoms with Gasteiger partial charge >= 0.3 is 0 Å². The minimum absolute atomic E-state index is 0.794. The number of fused-ring (bicyclic) bond motifs is 1. The summed E-state index contributed by atoms with van der Waals surface area (Å²) >= 11 is 0. The van der Waals surface area contributed by atoms with E-state index in [2.05, 4.69) is 17.0 Å².